The van der Waals surface area contributed by atoms with E-state index in [1.807, 2.05) is 18.2 Å². The molecule has 2 N–H and O–H groups in total. The minimum Gasteiger partial charge on any atom is -0.504 e. The molecule has 0 atom stereocenters. The molecule has 0 saturated heterocycles. The van der Waals surface area contributed by atoms with Gasteiger partial charge in [0.15, 0.2) is 11.5 Å². The van der Waals surface area contributed by atoms with Gasteiger partial charge >= 0.3 is 7.54 Å². The van der Waals surface area contributed by atoms with Crippen molar-refractivity contribution in [2.75, 3.05) is 0 Å². The summed E-state index contributed by atoms with van der Waals surface area (Å²) >= 11 is 0. The van der Waals surface area contributed by atoms with Crippen LogP contribution in [0.1, 0.15) is 5.56 Å². The quantitative estimate of drug-likeness (QED) is 0.561. The summed E-state index contributed by atoms with van der Waals surface area (Å²) in [5.74, 6) is -0.153. The van der Waals surface area contributed by atoms with Gasteiger partial charge in [-0.25, -0.2) is 0 Å². The van der Waals surface area contributed by atoms with E-state index in [0.29, 0.717) is 0 Å². The molecule has 102 valence electrons. The first-order valence-electron chi connectivity index (χ1n) is 5.34. The van der Waals surface area contributed by atoms with E-state index in [1.54, 1.807) is 12.1 Å². The van der Waals surface area contributed by atoms with Gasteiger partial charge in [0, 0.05) is 0 Å². The number of hydrogen-bond acceptors (Lipinski definition) is 2. The Morgan fingerprint density at radius 2 is 1.05 bits per heavy atom. The Labute approximate surface area is 110 Å². The van der Waals surface area contributed by atoms with E-state index < -0.39 is 7.54 Å². The van der Waals surface area contributed by atoms with Gasteiger partial charge in [0.05, 0.1) is 0 Å². The molecule has 0 amide bonds. The van der Waals surface area contributed by atoms with Crippen LogP contribution in [0.2, 0.25) is 0 Å². The molecule has 2 nitrogen and oxygen atoms in total. The molecule has 0 unspecified atom stereocenters. The average molecular weight is 270 g/mol. The molecule has 2 rings (SSSR count). The lowest BCUT2D eigenvalue weighted by molar-refractivity contribution is 0.404. The van der Waals surface area contributed by atoms with E-state index in [1.165, 1.54) is 17.7 Å². The van der Waals surface area contributed by atoms with Crippen LogP contribution in [0.25, 0.3) is 0 Å². The molecule has 0 fully saturated rings. The first-order valence-corrected chi connectivity index (χ1v) is 5.34. The Hall–Kier alpha value is -2.11. The van der Waals surface area contributed by atoms with Crippen LogP contribution in [0.4, 0.5) is 12.9 Å². The second kappa shape index (κ2) is 9.88. The maximum Gasteiger partial charge on any atom is 0.762 e. The Kier molecular flexibility index (Phi) is 8.78. The molecule has 6 heteroatoms. The summed E-state index contributed by atoms with van der Waals surface area (Å²) in [5.41, 5.74) is 1.32. The highest BCUT2D eigenvalue weighted by Gasteiger charge is 2.06. The summed E-state index contributed by atoms with van der Waals surface area (Å²) in [5, 5.41) is 17.3. The van der Waals surface area contributed by atoms with E-state index in [4.69, 9.17) is 10.2 Å². The number of halogens is 3. The summed E-state index contributed by atoms with van der Waals surface area (Å²) in [4.78, 5) is 0. The van der Waals surface area contributed by atoms with Gasteiger partial charge in [0.2, 0.25) is 0 Å². The number of aromatic hydroxyl groups is 2. The number of benzene rings is 2. The van der Waals surface area contributed by atoms with Crippen molar-refractivity contribution < 1.29 is 23.2 Å². The van der Waals surface area contributed by atoms with Crippen LogP contribution in [0.15, 0.2) is 54.6 Å². The first-order chi connectivity index (χ1) is 8.93. The Morgan fingerprint density at radius 3 is 1.26 bits per heavy atom. The van der Waals surface area contributed by atoms with Crippen LogP contribution in [0, 0.1) is 6.92 Å². The second-order valence-corrected chi connectivity index (χ2v) is 3.39. The molecule has 0 aliphatic rings. The zero-order valence-electron chi connectivity index (χ0n) is 10.3. The third kappa shape index (κ3) is 10.8. The van der Waals surface area contributed by atoms with Crippen molar-refractivity contribution in [3.05, 3.63) is 60.2 Å². The smallest absolute Gasteiger partial charge is 0.504 e. The highest BCUT2D eigenvalue weighted by atomic mass is 19.4. The van der Waals surface area contributed by atoms with Gasteiger partial charge in [-0.2, -0.15) is 0 Å². The van der Waals surface area contributed by atoms with E-state index in [2.05, 4.69) is 19.1 Å². The van der Waals surface area contributed by atoms with Gasteiger partial charge in [-0.15, -0.1) is 0 Å². The Bertz CT molecular complexity index is 429. The van der Waals surface area contributed by atoms with Crippen LogP contribution in [-0.2, 0) is 0 Å². The molecule has 19 heavy (non-hydrogen) atoms. The fourth-order valence-corrected chi connectivity index (χ4v) is 0.999. The SMILES string of the molecule is Cc1ccccc1.FB(F)F.Oc1ccccc1O. The number of rotatable bonds is 0. The van der Waals surface area contributed by atoms with Crippen molar-refractivity contribution in [3.63, 3.8) is 0 Å². The normalized spacial score (nSPS) is 8.42. The average Bonchev–Trinajstić information content (AvgIpc) is 2.34. The highest BCUT2D eigenvalue weighted by molar-refractivity contribution is 6.33. The molecule has 0 bridgehead atoms. The van der Waals surface area contributed by atoms with Crippen LogP contribution < -0.4 is 0 Å². The van der Waals surface area contributed by atoms with Gasteiger partial charge in [-0.05, 0) is 19.1 Å². The van der Waals surface area contributed by atoms with E-state index in [-0.39, 0.29) is 11.5 Å². The number of phenols is 2. The molecule has 0 aliphatic carbocycles. The number of para-hydroxylation sites is 2. The fraction of sp³-hybridized carbons (Fsp3) is 0.0769. The lowest BCUT2D eigenvalue weighted by atomic mass is 10.2. The fourth-order valence-electron chi connectivity index (χ4n) is 0.999. The molecule has 2 aromatic carbocycles. The molecule has 0 radical (unpaired) electrons. The van der Waals surface area contributed by atoms with Gasteiger partial charge in [-0.3, -0.25) is 12.9 Å². The van der Waals surface area contributed by atoms with Crippen molar-refractivity contribution in [2.45, 2.75) is 6.92 Å². The lowest BCUT2D eigenvalue weighted by Crippen LogP contribution is -1.76. The third-order valence-corrected chi connectivity index (χ3v) is 1.82. The van der Waals surface area contributed by atoms with Gasteiger partial charge < -0.3 is 10.2 Å². The van der Waals surface area contributed by atoms with Crippen LogP contribution >= 0.6 is 0 Å². The first kappa shape index (κ1) is 16.9. The van der Waals surface area contributed by atoms with Crippen LogP contribution in [0.5, 0.6) is 11.5 Å². The van der Waals surface area contributed by atoms with Crippen molar-refractivity contribution in [1.29, 1.82) is 0 Å². The van der Waals surface area contributed by atoms with Gasteiger partial charge in [-0.1, -0.05) is 48.0 Å². The highest BCUT2D eigenvalue weighted by Crippen LogP contribution is 2.21. The Morgan fingerprint density at radius 1 is 0.737 bits per heavy atom. The molecule has 0 saturated carbocycles. The van der Waals surface area contributed by atoms with E-state index >= 15 is 0 Å². The molecular formula is C13H14BF3O2. The molecule has 0 heterocycles. The predicted molar refractivity (Wildman–Crippen MR) is 70.0 cm³/mol. The largest absolute Gasteiger partial charge is 0.762 e. The monoisotopic (exact) mass is 270 g/mol. The van der Waals surface area contributed by atoms with Gasteiger partial charge in [0.25, 0.3) is 0 Å². The van der Waals surface area contributed by atoms with Crippen LogP contribution in [0.3, 0.4) is 0 Å². The lowest BCUT2D eigenvalue weighted by Gasteiger charge is -1.91. The van der Waals surface area contributed by atoms with Crippen molar-refractivity contribution in [2.24, 2.45) is 0 Å². The summed E-state index contributed by atoms with van der Waals surface area (Å²) < 4.78 is 29.0. The van der Waals surface area contributed by atoms with Gasteiger partial charge in [0.1, 0.15) is 0 Å². The number of phenolic OH excluding ortho intramolecular Hbond substituents is 2. The maximum absolute atomic E-state index is 9.67. The molecule has 0 aromatic heterocycles. The van der Waals surface area contributed by atoms with Crippen LogP contribution in [-0.4, -0.2) is 17.8 Å². The van der Waals surface area contributed by atoms with Crippen molar-refractivity contribution in [3.8, 4) is 11.5 Å². The summed E-state index contributed by atoms with van der Waals surface area (Å²) in [6, 6.07) is 16.4. The molecule has 2 aromatic rings. The maximum atomic E-state index is 9.67. The standard InChI is InChI=1S/C7H8.C6H6O2.BF3/c1-7-5-3-2-4-6-7;7-5-3-1-2-4-6(5)8;2-1(3)4/h2-6H,1H3;1-4,7-8H;. The van der Waals surface area contributed by atoms with E-state index in [0.717, 1.165) is 0 Å². The number of hydrogen-bond donors (Lipinski definition) is 2. The topological polar surface area (TPSA) is 40.5 Å². The number of aryl methyl sites for hydroxylation is 1. The summed E-state index contributed by atoms with van der Waals surface area (Å²) in [7, 11) is -3.67. The predicted octanol–water partition coefficient (Wildman–Crippen LogP) is 3.97. The second-order valence-electron chi connectivity index (χ2n) is 3.39. The summed E-state index contributed by atoms with van der Waals surface area (Å²) in [6.07, 6.45) is 0. The zero-order chi connectivity index (χ0) is 14.7. The van der Waals surface area contributed by atoms with Crippen molar-refractivity contribution in [1.82, 2.24) is 0 Å². The van der Waals surface area contributed by atoms with E-state index in [9.17, 15) is 12.9 Å². The molecule has 0 aliphatic heterocycles. The third-order valence-electron chi connectivity index (χ3n) is 1.82. The minimum absolute atomic E-state index is 0.0764. The summed E-state index contributed by atoms with van der Waals surface area (Å²) in [6.45, 7) is 2.08. The molecule has 0 spiro atoms. The van der Waals surface area contributed by atoms with Crippen molar-refractivity contribution >= 4 is 7.54 Å². The minimum atomic E-state index is -3.67. The Balaban J connectivity index is 0.000000272. The zero-order valence-corrected chi connectivity index (χ0v) is 10.3. The molecular weight excluding hydrogens is 256 g/mol.